The van der Waals surface area contributed by atoms with Crippen LogP contribution in [0.1, 0.15) is 0 Å². The highest BCUT2D eigenvalue weighted by molar-refractivity contribution is 5.87. The van der Waals surface area contributed by atoms with Gasteiger partial charge in [-0.05, 0) is 52.2 Å². The van der Waals surface area contributed by atoms with Crippen LogP contribution in [0.25, 0.3) is 32.9 Å². The van der Waals surface area contributed by atoms with Crippen LogP contribution in [-0.4, -0.2) is 9.97 Å². The predicted octanol–water partition coefficient (Wildman–Crippen LogP) is 6.35. The number of nitrogens with zero attached hydrogens (tertiary/aromatic N) is 2. The highest BCUT2D eigenvalue weighted by Crippen LogP contribution is 2.45. The zero-order valence-electron chi connectivity index (χ0n) is 14.8. The summed E-state index contributed by atoms with van der Waals surface area (Å²) in [5, 5.41) is 2.43. The van der Waals surface area contributed by atoms with E-state index in [1.165, 1.54) is 10.8 Å². The van der Waals surface area contributed by atoms with E-state index in [4.69, 9.17) is 9.47 Å². The van der Waals surface area contributed by atoms with E-state index in [0.717, 1.165) is 22.2 Å². The molecule has 0 aliphatic carbocycles. The highest BCUT2D eigenvalue weighted by atomic mass is 16.6. The molecule has 0 fully saturated rings. The lowest BCUT2D eigenvalue weighted by Gasteiger charge is -2.19. The van der Waals surface area contributed by atoms with Gasteiger partial charge in [-0.2, -0.15) is 0 Å². The summed E-state index contributed by atoms with van der Waals surface area (Å²) in [5.41, 5.74) is 3.74. The standard InChI is InChI=1S/C24H14N2O2/c1-2-6-16-13-17(10-9-15(16)5-1)18-11-12-21-22(14-18)28-24-23(27-21)25-19-7-3-4-8-20(19)26-24/h1-14H. The van der Waals surface area contributed by atoms with Gasteiger partial charge >= 0.3 is 0 Å². The van der Waals surface area contributed by atoms with Crippen molar-refractivity contribution in [2.75, 3.05) is 0 Å². The second-order valence-corrected chi connectivity index (χ2v) is 6.75. The fourth-order valence-electron chi connectivity index (χ4n) is 3.53. The Kier molecular flexibility index (Phi) is 3.14. The van der Waals surface area contributed by atoms with Gasteiger partial charge in [0.15, 0.2) is 11.5 Å². The molecule has 0 saturated carbocycles. The van der Waals surface area contributed by atoms with Crippen molar-refractivity contribution in [2.24, 2.45) is 0 Å². The molecular weight excluding hydrogens is 348 g/mol. The maximum Gasteiger partial charge on any atom is 0.284 e. The first-order chi connectivity index (χ1) is 13.8. The molecule has 0 spiro atoms. The fourth-order valence-corrected chi connectivity index (χ4v) is 3.53. The zero-order chi connectivity index (χ0) is 18.5. The molecule has 0 saturated heterocycles. The van der Waals surface area contributed by atoms with Crippen molar-refractivity contribution >= 4 is 21.8 Å². The van der Waals surface area contributed by atoms with E-state index >= 15 is 0 Å². The fraction of sp³-hybridized carbons (Fsp3) is 0. The average Bonchev–Trinajstić information content (AvgIpc) is 2.75. The molecule has 0 radical (unpaired) electrons. The summed E-state index contributed by atoms with van der Waals surface area (Å²) >= 11 is 0. The Labute approximate surface area is 161 Å². The first-order valence-corrected chi connectivity index (χ1v) is 9.09. The highest BCUT2D eigenvalue weighted by Gasteiger charge is 2.22. The molecule has 4 heteroatoms. The van der Waals surface area contributed by atoms with E-state index < -0.39 is 0 Å². The monoisotopic (exact) mass is 362 g/mol. The lowest BCUT2D eigenvalue weighted by Crippen LogP contribution is -2.03. The van der Waals surface area contributed by atoms with Crippen LogP contribution in [0.2, 0.25) is 0 Å². The van der Waals surface area contributed by atoms with E-state index in [0.29, 0.717) is 23.3 Å². The molecule has 2 heterocycles. The Hall–Kier alpha value is -3.92. The summed E-state index contributed by atoms with van der Waals surface area (Å²) < 4.78 is 12.0. The summed E-state index contributed by atoms with van der Waals surface area (Å²) in [5.74, 6) is 2.07. The largest absolute Gasteiger partial charge is 0.431 e. The average molecular weight is 362 g/mol. The Morgan fingerprint density at radius 1 is 0.500 bits per heavy atom. The molecule has 4 aromatic carbocycles. The predicted molar refractivity (Wildman–Crippen MR) is 109 cm³/mol. The number of benzene rings is 4. The quantitative estimate of drug-likeness (QED) is 0.342. The smallest absolute Gasteiger partial charge is 0.284 e. The van der Waals surface area contributed by atoms with Crippen molar-refractivity contribution in [3.63, 3.8) is 0 Å². The van der Waals surface area contributed by atoms with Crippen LogP contribution in [-0.2, 0) is 0 Å². The third kappa shape index (κ3) is 2.39. The Morgan fingerprint density at radius 3 is 1.89 bits per heavy atom. The number of para-hydroxylation sites is 2. The minimum absolute atomic E-state index is 0.391. The third-order valence-corrected chi connectivity index (χ3v) is 4.95. The number of hydrogen-bond donors (Lipinski definition) is 0. The number of aromatic nitrogens is 2. The van der Waals surface area contributed by atoms with Crippen molar-refractivity contribution in [2.45, 2.75) is 0 Å². The molecule has 132 valence electrons. The number of rotatable bonds is 1. The van der Waals surface area contributed by atoms with Crippen LogP contribution in [0.3, 0.4) is 0 Å². The van der Waals surface area contributed by atoms with Gasteiger partial charge in [0.05, 0.1) is 11.0 Å². The first kappa shape index (κ1) is 15.2. The SMILES string of the molecule is c1ccc2cc(-c3ccc4c(c3)Oc3nc5ccccc5nc3O4)ccc2c1. The molecule has 1 aliphatic rings. The first-order valence-electron chi connectivity index (χ1n) is 9.09. The molecule has 0 atom stereocenters. The molecule has 0 N–H and O–H groups in total. The van der Waals surface area contributed by atoms with Gasteiger partial charge in [0.2, 0.25) is 0 Å². The van der Waals surface area contributed by atoms with Gasteiger partial charge in [-0.1, -0.05) is 54.6 Å². The molecule has 4 nitrogen and oxygen atoms in total. The Balaban J connectivity index is 1.42. The van der Waals surface area contributed by atoms with Gasteiger partial charge < -0.3 is 9.47 Å². The van der Waals surface area contributed by atoms with E-state index in [9.17, 15) is 0 Å². The minimum atomic E-state index is 0.391. The molecule has 0 bridgehead atoms. The molecule has 5 aromatic rings. The number of hydrogen-bond acceptors (Lipinski definition) is 4. The molecule has 28 heavy (non-hydrogen) atoms. The lowest BCUT2D eigenvalue weighted by molar-refractivity contribution is 0.339. The summed E-state index contributed by atoms with van der Waals surface area (Å²) in [6, 6.07) is 28.4. The molecule has 0 amide bonds. The molecular formula is C24H14N2O2. The normalized spacial score (nSPS) is 12.1. The molecule has 6 rings (SSSR count). The zero-order valence-corrected chi connectivity index (χ0v) is 14.8. The Morgan fingerprint density at radius 2 is 1.11 bits per heavy atom. The topological polar surface area (TPSA) is 44.2 Å². The van der Waals surface area contributed by atoms with Gasteiger partial charge in [-0.15, -0.1) is 0 Å². The van der Waals surface area contributed by atoms with Crippen LogP contribution in [0.4, 0.5) is 0 Å². The summed E-state index contributed by atoms with van der Waals surface area (Å²) in [6.45, 7) is 0. The van der Waals surface area contributed by atoms with Crippen molar-refractivity contribution in [3.05, 3.63) is 84.9 Å². The van der Waals surface area contributed by atoms with Crippen molar-refractivity contribution < 1.29 is 9.47 Å². The van der Waals surface area contributed by atoms with Gasteiger partial charge in [-0.3, -0.25) is 0 Å². The minimum Gasteiger partial charge on any atom is -0.431 e. The van der Waals surface area contributed by atoms with Crippen LogP contribution >= 0.6 is 0 Å². The van der Waals surface area contributed by atoms with Gasteiger partial charge in [-0.25, -0.2) is 9.97 Å². The second-order valence-electron chi connectivity index (χ2n) is 6.75. The summed E-state index contributed by atoms with van der Waals surface area (Å²) in [7, 11) is 0. The van der Waals surface area contributed by atoms with Crippen LogP contribution in [0.5, 0.6) is 23.3 Å². The summed E-state index contributed by atoms with van der Waals surface area (Å²) in [4.78, 5) is 9.07. The van der Waals surface area contributed by atoms with Crippen LogP contribution in [0.15, 0.2) is 84.9 Å². The molecule has 1 aliphatic heterocycles. The van der Waals surface area contributed by atoms with Crippen molar-refractivity contribution in [3.8, 4) is 34.4 Å². The lowest BCUT2D eigenvalue weighted by atomic mass is 10.0. The van der Waals surface area contributed by atoms with E-state index in [2.05, 4.69) is 46.4 Å². The number of ether oxygens (including phenoxy) is 2. The summed E-state index contributed by atoms with van der Waals surface area (Å²) in [6.07, 6.45) is 0. The van der Waals surface area contributed by atoms with Crippen LogP contribution < -0.4 is 9.47 Å². The van der Waals surface area contributed by atoms with Gasteiger partial charge in [0.1, 0.15) is 0 Å². The molecule has 1 aromatic heterocycles. The maximum atomic E-state index is 6.04. The van der Waals surface area contributed by atoms with E-state index in [1.807, 2.05) is 48.5 Å². The molecule has 0 unspecified atom stereocenters. The van der Waals surface area contributed by atoms with Gasteiger partial charge in [0, 0.05) is 0 Å². The van der Waals surface area contributed by atoms with Crippen molar-refractivity contribution in [1.82, 2.24) is 9.97 Å². The maximum absolute atomic E-state index is 6.04. The number of fused-ring (bicyclic) bond motifs is 4. The second kappa shape index (κ2) is 5.79. The Bertz CT molecular complexity index is 1380. The van der Waals surface area contributed by atoms with E-state index in [-0.39, 0.29) is 0 Å². The van der Waals surface area contributed by atoms with Gasteiger partial charge in [0.25, 0.3) is 11.8 Å². The van der Waals surface area contributed by atoms with Crippen molar-refractivity contribution in [1.29, 1.82) is 0 Å². The van der Waals surface area contributed by atoms with E-state index in [1.54, 1.807) is 0 Å². The van der Waals surface area contributed by atoms with Crippen LogP contribution in [0, 0.1) is 0 Å². The third-order valence-electron chi connectivity index (χ3n) is 4.95.